The number of rotatable bonds is 5. The fourth-order valence-corrected chi connectivity index (χ4v) is 3.13. The number of amides is 1. The van der Waals surface area contributed by atoms with Crippen LogP contribution in [0.5, 0.6) is 0 Å². The molecule has 2 rings (SSSR count). The summed E-state index contributed by atoms with van der Waals surface area (Å²) < 4.78 is 13.8. The second kappa shape index (κ2) is 7.56. The molecule has 0 spiro atoms. The zero-order valence-electron chi connectivity index (χ0n) is 13.7. The van der Waals surface area contributed by atoms with E-state index >= 15 is 0 Å². The second-order valence-corrected chi connectivity index (χ2v) is 6.38. The predicted molar refractivity (Wildman–Crippen MR) is 87.0 cm³/mol. The van der Waals surface area contributed by atoms with Gasteiger partial charge in [-0.25, -0.2) is 4.39 Å². The lowest BCUT2D eigenvalue weighted by Gasteiger charge is -2.33. The summed E-state index contributed by atoms with van der Waals surface area (Å²) in [5, 5.41) is 15.4. The summed E-state index contributed by atoms with van der Waals surface area (Å²) in [6.45, 7) is 3.56. The third kappa shape index (κ3) is 4.29. The van der Waals surface area contributed by atoms with E-state index in [9.17, 15) is 14.4 Å². The molecule has 2 unspecified atom stereocenters. The number of hydrogen-bond donors (Lipinski definition) is 2. The van der Waals surface area contributed by atoms with Crippen LogP contribution >= 0.6 is 0 Å². The molecule has 0 radical (unpaired) electrons. The summed E-state index contributed by atoms with van der Waals surface area (Å²) in [6.07, 6.45) is 4.43. The molecule has 2 atom stereocenters. The Morgan fingerprint density at radius 3 is 2.52 bits per heavy atom. The van der Waals surface area contributed by atoms with Crippen LogP contribution in [0.3, 0.4) is 0 Å². The molecule has 124 valence electrons. The van der Waals surface area contributed by atoms with Gasteiger partial charge in [0.2, 0.25) is 5.91 Å². The third-order valence-electron chi connectivity index (χ3n) is 4.55. The minimum Gasteiger partial charge on any atom is -0.336 e. The number of nitriles is 1. The van der Waals surface area contributed by atoms with Crippen molar-refractivity contribution in [2.45, 2.75) is 63.6 Å². The number of nitrogens with zero attached hydrogens (tertiary/aromatic N) is 1. The van der Waals surface area contributed by atoms with Gasteiger partial charge >= 0.3 is 0 Å². The first kappa shape index (κ1) is 17.4. The summed E-state index contributed by atoms with van der Waals surface area (Å²) in [5.74, 6) is -0.502. The summed E-state index contributed by atoms with van der Waals surface area (Å²) >= 11 is 0. The van der Waals surface area contributed by atoms with Crippen molar-refractivity contribution in [1.29, 1.82) is 5.26 Å². The topological polar surface area (TPSA) is 64.9 Å². The number of carbonyl (C=O) groups is 1. The first-order valence-electron chi connectivity index (χ1n) is 8.21. The van der Waals surface area contributed by atoms with Gasteiger partial charge in [-0.05, 0) is 32.8 Å². The lowest BCUT2D eigenvalue weighted by atomic mass is 9.82. The van der Waals surface area contributed by atoms with Crippen LogP contribution in [-0.4, -0.2) is 17.5 Å². The minimum absolute atomic E-state index is 0.211. The molecule has 4 nitrogen and oxygen atoms in total. The molecule has 1 aromatic rings. The van der Waals surface area contributed by atoms with Gasteiger partial charge in [-0.3, -0.25) is 10.1 Å². The Labute approximate surface area is 137 Å². The zero-order valence-corrected chi connectivity index (χ0v) is 13.7. The molecule has 1 aliphatic carbocycles. The van der Waals surface area contributed by atoms with Crippen LogP contribution in [0, 0.1) is 17.1 Å². The van der Waals surface area contributed by atoms with Crippen LogP contribution in [0.2, 0.25) is 0 Å². The molecule has 1 fully saturated rings. The molecular weight excluding hydrogens is 293 g/mol. The Morgan fingerprint density at radius 2 is 1.91 bits per heavy atom. The highest BCUT2D eigenvalue weighted by atomic mass is 19.1. The lowest BCUT2D eigenvalue weighted by molar-refractivity contribution is -0.124. The maximum Gasteiger partial charge on any atom is 0.238 e. The van der Waals surface area contributed by atoms with E-state index in [2.05, 4.69) is 16.7 Å². The number of halogens is 1. The maximum absolute atomic E-state index is 13.8. The summed E-state index contributed by atoms with van der Waals surface area (Å²) in [7, 11) is 0. The Hall–Kier alpha value is -1.93. The SMILES string of the molecule is CC(NC(C)c1ccccc1F)C(=O)NC1(C#N)CCCCC1. The van der Waals surface area contributed by atoms with E-state index in [1.807, 2.05) is 6.92 Å². The van der Waals surface area contributed by atoms with E-state index in [0.717, 1.165) is 19.3 Å². The smallest absolute Gasteiger partial charge is 0.238 e. The van der Waals surface area contributed by atoms with Crippen molar-refractivity contribution in [2.75, 3.05) is 0 Å². The van der Waals surface area contributed by atoms with Gasteiger partial charge < -0.3 is 5.32 Å². The van der Waals surface area contributed by atoms with Crippen molar-refractivity contribution in [1.82, 2.24) is 10.6 Å². The largest absolute Gasteiger partial charge is 0.336 e. The first-order valence-corrected chi connectivity index (χ1v) is 8.21. The molecule has 0 aromatic heterocycles. The molecular formula is C18H24FN3O. The normalized spacial score (nSPS) is 19.4. The van der Waals surface area contributed by atoms with Gasteiger partial charge in [0, 0.05) is 11.6 Å². The lowest BCUT2D eigenvalue weighted by Crippen LogP contribution is -2.54. The monoisotopic (exact) mass is 317 g/mol. The molecule has 1 aliphatic rings. The van der Waals surface area contributed by atoms with Crippen LogP contribution in [-0.2, 0) is 4.79 Å². The molecule has 1 saturated carbocycles. The van der Waals surface area contributed by atoms with E-state index in [1.165, 1.54) is 6.07 Å². The Balaban J connectivity index is 1.97. The van der Waals surface area contributed by atoms with Crippen molar-refractivity contribution in [3.63, 3.8) is 0 Å². The van der Waals surface area contributed by atoms with Crippen LogP contribution in [0.1, 0.15) is 57.6 Å². The Kier molecular flexibility index (Phi) is 5.73. The van der Waals surface area contributed by atoms with Crippen LogP contribution < -0.4 is 10.6 Å². The molecule has 1 aromatic carbocycles. The van der Waals surface area contributed by atoms with E-state index in [4.69, 9.17) is 0 Å². The number of nitrogens with one attached hydrogen (secondary N) is 2. The molecule has 5 heteroatoms. The molecule has 0 aliphatic heterocycles. The Bertz CT molecular complexity index is 590. The van der Waals surface area contributed by atoms with Gasteiger partial charge in [0.05, 0.1) is 12.1 Å². The van der Waals surface area contributed by atoms with Crippen molar-refractivity contribution in [2.24, 2.45) is 0 Å². The number of hydrogen-bond acceptors (Lipinski definition) is 3. The average Bonchev–Trinajstić information content (AvgIpc) is 2.55. The minimum atomic E-state index is -0.744. The summed E-state index contributed by atoms with van der Waals surface area (Å²) in [5.41, 5.74) is -0.216. The predicted octanol–water partition coefficient (Wildman–Crippen LogP) is 3.21. The fourth-order valence-electron chi connectivity index (χ4n) is 3.13. The van der Waals surface area contributed by atoms with Crippen LogP contribution in [0.25, 0.3) is 0 Å². The maximum atomic E-state index is 13.8. The average molecular weight is 317 g/mol. The van der Waals surface area contributed by atoms with Crippen molar-refractivity contribution in [3.05, 3.63) is 35.6 Å². The number of carbonyl (C=O) groups excluding carboxylic acids is 1. The van der Waals surface area contributed by atoms with E-state index in [0.29, 0.717) is 18.4 Å². The highest BCUT2D eigenvalue weighted by molar-refractivity contribution is 5.82. The molecule has 2 N–H and O–H groups in total. The highest BCUT2D eigenvalue weighted by Crippen LogP contribution is 2.27. The van der Waals surface area contributed by atoms with Gasteiger partial charge in [0.1, 0.15) is 11.4 Å². The molecule has 0 saturated heterocycles. The zero-order chi connectivity index (χ0) is 16.9. The quantitative estimate of drug-likeness (QED) is 0.876. The van der Waals surface area contributed by atoms with Gasteiger partial charge in [-0.15, -0.1) is 0 Å². The van der Waals surface area contributed by atoms with E-state index in [1.54, 1.807) is 25.1 Å². The first-order chi connectivity index (χ1) is 11.0. The summed E-state index contributed by atoms with van der Waals surface area (Å²) in [6, 6.07) is 8.01. The molecule has 0 heterocycles. The second-order valence-electron chi connectivity index (χ2n) is 6.38. The van der Waals surface area contributed by atoms with E-state index < -0.39 is 11.6 Å². The highest BCUT2D eigenvalue weighted by Gasteiger charge is 2.34. The van der Waals surface area contributed by atoms with Gasteiger partial charge in [-0.1, -0.05) is 37.5 Å². The van der Waals surface area contributed by atoms with Crippen LogP contribution in [0.15, 0.2) is 24.3 Å². The van der Waals surface area contributed by atoms with Crippen LogP contribution in [0.4, 0.5) is 4.39 Å². The molecule has 0 bridgehead atoms. The fraction of sp³-hybridized carbons (Fsp3) is 0.556. The van der Waals surface area contributed by atoms with E-state index in [-0.39, 0.29) is 17.8 Å². The Morgan fingerprint density at radius 1 is 1.26 bits per heavy atom. The molecule has 23 heavy (non-hydrogen) atoms. The van der Waals surface area contributed by atoms with Gasteiger partial charge in [0.25, 0.3) is 0 Å². The van der Waals surface area contributed by atoms with Crippen molar-refractivity contribution < 1.29 is 9.18 Å². The molecule has 1 amide bonds. The van der Waals surface area contributed by atoms with Gasteiger partial charge in [-0.2, -0.15) is 5.26 Å². The van der Waals surface area contributed by atoms with Crippen molar-refractivity contribution in [3.8, 4) is 6.07 Å². The number of benzene rings is 1. The third-order valence-corrected chi connectivity index (χ3v) is 4.55. The van der Waals surface area contributed by atoms with Gasteiger partial charge in [0.15, 0.2) is 0 Å². The van der Waals surface area contributed by atoms with Crippen molar-refractivity contribution >= 4 is 5.91 Å². The standard InChI is InChI=1S/C18H24FN3O/c1-13(15-8-4-5-9-16(15)19)21-14(2)17(23)22-18(12-20)10-6-3-7-11-18/h4-5,8-9,13-14,21H,3,6-7,10-11H2,1-2H3,(H,22,23). The summed E-state index contributed by atoms with van der Waals surface area (Å²) in [4.78, 5) is 12.4.